The third-order valence-corrected chi connectivity index (χ3v) is 3.78. The van der Waals surface area contributed by atoms with Crippen LogP contribution in [-0.2, 0) is 11.3 Å². The van der Waals surface area contributed by atoms with Crippen LogP contribution in [0.15, 0.2) is 45.5 Å². The van der Waals surface area contributed by atoms with Gasteiger partial charge in [-0.15, -0.1) is 0 Å². The number of amides is 1. The second kappa shape index (κ2) is 6.91. The van der Waals surface area contributed by atoms with Crippen molar-refractivity contribution >= 4 is 49.3 Å². The Hall–Kier alpha value is -1.60. The number of nitrogens with zero attached hydrogens (tertiary/aromatic N) is 2. The van der Waals surface area contributed by atoms with E-state index in [0.29, 0.717) is 18.1 Å². The highest BCUT2D eigenvalue weighted by Crippen LogP contribution is 2.27. The Labute approximate surface area is 139 Å². The van der Waals surface area contributed by atoms with E-state index in [0.717, 1.165) is 14.5 Å². The van der Waals surface area contributed by atoms with Crippen molar-refractivity contribution in [1.82, 2.24) is 4.98 Å². The highest BCUT2D eigenvalue weighted by atomic mass is 79.9. The Morgan fingerprint density at radius 3 is 2.67 bits per heavy atom. The molecule has 0 radical (unpaired) electrons. The number of rotatable bonds is 5. The number of primary amides is 1. The minimum Gasteiger partial charge on any atom is -0.399 e. The molecule has 0 atom stereocenters. The number of anilines is 2. The number of halogens is 2. The van der Waals surface area contributed by atoms with E-state index in [1.807, 2.05) is 30.3 Å². The summed E-state index contributed by atoms with van der Waals surface area (Å²) in [5.74, 6) is 0.231. The molecule has 1 heterocycles. The van der Waals surface area contributed by atoms with Crippen molar-refractivity contribution < 1.29 is 4.79 Å². The molecule has 0 fully saturated rings. The number of benzene rings is 1. The van der Waals surface area contributed by atoms with E-state index in [2.05, 4.69) is 36.8 Å². The van der Waals surface area contributed by atoms with Crippen molar-refractivity contribution in [2.45, 2.75) is 6.54 Å². The minimum atomic E-state index is -0.421. The fraction of sp³-hybridized carbons (Fsp3) is 0.143. The summed E-state index contributed by atoms with van der Waals surface area (Å²) in [6, 6.07) is 9.36. The Morgan fingerprint density at radius 1 is 1.29 bits per heavy atom. The number of hydrogen-bond acceptors (Lipinski definition) is 4. The first-order valence-corrected chi connectivity index (χ1v) is 7.73. The molecule has 0 aliphatic heterocycles. The average Bonchev–Trinajstić information content (AvgIpc) is 2.37. The summed E-state index contributed by atoms with van der Waals surface area (Å²) in [5.41, 5.74) is 12.8. The quantitative estimate of drug-likeness (QED) is 0.738. The third-order valence-electron chi connectivity index (χ3n) is 2.76. The summed E-state index contributed by atoms with van der Waals surface area (Å²) in [6.07, 6.45) is 1.67. The molecule has 0 unspecified atom stereocenters. The predicted molar refractivity (Wildman–Crippen MR) is 90.7 cm³/mol. The molecular formula is C14H14Br2N4O. The number of pyridine rings is 1. The van der Waals surface area contributed by atoms with Gasteiger partial charge in [0.25, 0.3) is 0 Å². The van der Waals surface area contributed by atoms with Crippen molar-refractivity contribution in [3.8, 4) is 0 Å². The van der Waals surface area contributed by atoms with E-state index >= 15 is 0 Å². The van der Waals surface area contributed by atoms with E-state index in [-0.39, 0.29) is 6.54 Å². The van der Waals surface area contributed by atoms with Crippen molar-refractivity contribution in [3.05, 3.63) is 51.0 Å². The Morgan fingerprint density at radius 2 is 2.05 bits per heavy atom. The second-order valence-electron chi connectivity index (χ2n) is 4.53. The van der Waals surface area contributed by atoms with Gasteiger partial charge >= 0.3 is 0 Å². The second-order valence-corrected chi connectivity index (χ2v) is 6.30. The first-order valence-electron chi connectivity index (χ1n) is 6.14. The lowest BCUT2D eigenvalue weighted by Crippen LogP contribution is -2.34. The number of carbonyl (C=O) groups excluding carboxylic acids is 1. The summed E-state index contributed by atoms with van der Waals surface area (Å²) in [4.78, 5) is 17.5. The predicted octanol–water partition coefficient (Wildman–Crippen LogP) is 2.68. The van der Waals surface area contributed by atoms with Gasteiger partial charge < -0.3 is 16.4 Å². The molecule has 2 rings (SSSR count). The summed E-state index contributed by atoms with van der Waals surface area (Å²) in [7, 11) is 0. The SMILES string of the molecule is NC(=O)CN(Cc1cccc(N)c1)c1ncc(Br)cc1Br. The van der Waals surface area contributed by atoms with Crippen molar-refractivity contribution in [2.75, 3.05) is 17.2 Å². The Balaban J connectivity index is 2.31. The van der Waals surface area contributed by atoms with Gasteiger partial charge in [-0.25, -0.2) is 4.98 Å². The topological polar surface area (TPSA) is 85.2 Å². The van der Waals surface area contributed by atoms with Crippen molar-refractivity contribution in [2.24, 2.45) is 5.73 Å². The van der Waals surface area contributed by atoms with Crippen molar-refractivity contribution in [1.29, 1.82) is 0 Å². The molecule has 5 nitrogen and oxygen atoms in total. The van der Waals surface area contributed by atoms with E-state index in [4.69, 9.17) is 11.5 Å². The fourth-order valence-corrected chi connectivity index (χ4v) is 3.18. The minimum absolute atomic E-state index is 0.0715. The van der Waals surface area contributed by atoms with E-state index in [9.17, 15) is 4.79 Å². The molecule has 21 heavy (non-hydrogen) atoms. The van der Waals surface area contributed by atoms with Crippen LogP contribution in [0.4, 0.5) is 11.5 Å². The molecule has 0 spiro atoms. The molecule has 1 amide bonds. The van der Waals surface area contributed by atoms with Gasteiger partial charge in [0.05, 0.1) is 11.0 Å². The molecule has 1 aromatic heterocycles. The van der Waals surface area contributed by atoms with Gasteiger partial charge in [0.1, 0.15) is 5.82 Å². The van der Waals surface area contributed by atoms with Crippen molar-refractivity contribution in [3.63, 3.8) is 0 Å². The van der Waals surface area contributed by atoms with Crippen LogP contribution in [0.1, 0.15) is 5.56 Å². The number of aromatic nitrogens is 1. The molecule has 4 N–H and O–H groups in total. The van der Waals surface area contributed by atoms with Crippen LogP contribution in [0, 0.1) is 0 Å². The normalized spacial score (nSPS) is 10.4. The Kier molecular flexibility index (Phi) is 5.19. The first kappa shape index (κ1) is 15.8. The molecule has 0 saturated heterocycles. The summed E-state index contributed by atoms with van der Waals surface area (Å²) in [6.45, 7) is 0.559. The molecule has 0 aliphatic rings. The molecule has 7 heteroatoms. The smallest absolute Gasteiger partial charge is 0.237 e. The van der Waals surface area contributed by atoms with Crippen LogP contribution in [0.5, 0.6) is 0 Å². The van der Waals surface area contributed by atoms with E-state index in [1.165, 1.54) is 0 Å². The summed E-state index contributed by atoms with van der Waals surface area (Å²) in [5, 5.41) is 0. The highest BCUT2D eigenvalue weighted by Gasteiger charge is 2.15. The zero-order valence-electron chi connectivity index (χ0n) is 11.1. The molecule has 2 aromatic rings. The first-order chi connectivity index (χ1) is 9.95. The van der Waals surface area contributed by atoms with Crippen LogP contribution < -0.4 is 16.4 Å². The maximum absolute atomic E-state index is 11.3. The maximum Gasteiger partial charge on any atom is 0.237 e. The molecule has 0 aliphatic carbocycles. The molecule has 110 valence electrons. The van der Waals surface area contributed by atoms with Crippen LogP contribution in [0.2, 0.25) is 0 Å². The monoisotopic (exact) mass is 412 g/mol. The van der Waals surface area contributed by atoms with Gasteiger partial charge in [-0.2, -0.15) is 0 Å². The van der Waals surface area contributed by atoms with Crippen LogP contribution in [0.3, 0.4) is 0 Å². The van der Waals surface area contributed by atoms with Gasteiger partial charge in [-0.05, 0) is 55.6 Å². The fourth-order valence-electron chi connectivity index (χ4n) is 1.95. The molecule has 1 aromatic carbocycles. The Bertz CT molecular complexity index is 663. The van der Waals surface area contributed by atoms with Crippen LogP contribution in [-0.4, -0.2) is 17.4 Å². The lowest BCUT2D eigenvalue weighted by atomic mass is 10.2. The van der Waals surface area contributed by atoms with Gasteiger partial charge in [-0.3, -0.25) is 4.79 Å². The van der Waals surface area contributed by atoms with E-state index < -0.39 is 5.91 Å². The average molecular weight is 414 g/mol. The van der Waals surface area contributed by atoms with Gasteiger partial charge in [-0.1, -0.05) is 12.1 Å². The largest absolute Gasteiger partial charge is 0.399 e. The summed E-state index contributed by atoms with van der Waals surface area (Å²) >= 11 is 6.81. The number of nitrogen functional groups attached to an aromatic ring is 1. The lowest BCUT2D eigenvalue weighted by molar-refractivity contribution is -0.116. The van der Waals surface area contributed by atoms with E-state index in [1.54, 1.807) is 11.1 Å². The zero-order chi connectivity index (χ0) is 15.4. The molecule has 0 saturated carbocycles. The standard InChI is InChI=1S/C14H14Br2N4O/c15-10-5-12(16)14(19-6-10)20(8-13(18)21)7-9-2-1-3-11(17)4-9/h1-6H,7-8,17H2,(H2,18,21). The lowest BCUT2D eigenvalue weighted by Gasteiger charge is -2.23. The maximum atomic E-state index is 11.3. The van der Waals surface area contributed by atoms with Crippen LogP contribution in [0.25, 0.3) is 0 Å². The number of hydrogen-bond donors (Lipinski definition) is 2. The van der Waals surface area contributed by atoms with Gasteiger partial charge in [0, 0.05) is 22.9 Å². The number of nitrogens with two attached hydrogens (primary N) is 2. The number of carbonyl (C=O) groups is 1. The molecule has 0 bridgehead atoms. The zero-order valence-corrected chi connectivity index (χ0v) is 14.3. The van der Waals surface area contributed by atoms with Crippen LogP contribution >= 0.6 is 31.9 Å². The van der Waals surface area contributed by atoms with Gasteiger partial charge in [0.15, 0.2) is 0 Å². The highest BCUT2D eigenvalue weighted by molar-refractivity contribution is 9.11. The summed E-state index contributed by atoms with van der Waals surface area (Å²) < 4.78 is 1.63. The third kappa shape index (κ3) is 4.44. The van der Waals surface area contributed by atoms with Gasteiger partial charge in [0.2, 0.25) is 5.91 Å². The molecular weight excluding hydrogens is 400 g/mol.